The lowest BCUT2D eigenvalue weighted by atomic mass is 10.2. The highest BCUT2D eigenvalue weighted by Gasteiger charge is 2.12. The Bertz CT molecular complexity index is 970. The first-order valence-corrected chi connectivity index (χ1v) is 7.42. The number of phenols is 1. The minimum atomic E-state index is -4.29. The van der Waals surface area contributed by atoms with Crippen LogP contribution in [0.25, 0.3) is 22.1 Å². The number of hydrogen-bond acceptors (Lipinski definition) is 6. The molecule has 108 valence electrons. The second-order valence-corrected chi connectivity index (χ2v) is 5.88. The summed E-state index contributed by atoms with van der Waals surface area (Å²) in [6, 6.07) is 7.05. The van der Waals surface area contributed by atoms with Gasteiger partial charge in [-0.25, -0.2) is 9.97 Å². The van der Waals surface area contributed by atoms with E-state index in [0.29, 0.717) is 27.8 Å². The zero-order valence-corrected chi connectivity index (χ0v) is 11.7. The van der Waals surface area contributed by atoms with Crippen LogP contribution >= 0.6 is 0 Å². The first kappa shape index (κ1) is 13.5. The minimum Gasteiger partial charge on any atom is -0.506 e. The first-order chi connectivity index (χ1) is 9.88. The van der Waals surface area contributed by atoms with Crippen LogP contribution in [-0.2, 0) is 10.1 Å². The molecular formula is C13H11N3O4S. The molecule has 1 heterocycles. The number of nitrogens with one attached hydrogen (secondary N) is 1. The molecule has 0 saturated carbocycles. The first-order valence-electron chi connectivity index (χ1n) is 5.98. The van der Waals surface area contributed by atoms with E-state index >= 15 is 0 Å². The highest BCUT2D eigenvalue weighted by Crippen LogP contribution is 2.28. The number of fused-ring (bicyclic) bond motifs is 2. The molecule has 3 N–H and O–H groups in total. The molecule has 0 fully saturated rings. The fourth-order valence-electron chi connectivity index (χ4n) is 2.05. The second kappa shape index (κ2) is 4.54. The third kappa shape index (κ3) is 2.34. The molecule has 7 nitrogen and oxygen atoms in total. The summed E-state index contributed by atoms with van der Waals surface area (Å²) in [5.41, 5.74) is 2.30. The molecule has 8 heteroatoms. The Morgan fingerprint density at radius 3 is 2.29 bits per heavy atom. The van der Waals surface area contributed by atoms with Crippen molar-refractivity contribution in [2.75, 3.05) is 12.4 Å². The van der Waals surface area contributed by atoms with Crippen molar-refractivity contribution in [1.82, 2.24) is 9.97 Å². The van der Waals surface area contributed by atoms with Crippen molar-refractivity contribution in [2.24, 2.45) is 0 Å². The molecule has 21 heavy (non-hydrogen) atoms. The SMILES string of the molecule is CNc1cc2nc3ccc(S(=O)(=O)O)cc3nc2cc1O. The highest BCUT2D eigenvalue weighted by atomic mass is 32.2. The van der Waals surface area contributed by atoms with Crippen LogP contribution in [0, 0.1) is 0 Å². The summed E-state index contributed by atoms with van der Waals surface area (Å²) in [6.07, 6.45) is 0. The van der Waals surface area contributed by atoms with Crippen LogP contribution in [-0.4, -0.2) is 35.1 Å². The van der Waals surface area contributed by atoms with Crippen molar-refractivity contribution in [2.45, 2.75) is 4.90 Å². The van der Waals surface area contributed by atoms with Gasteiger partial charge in [-0.2, -0.15) is 8.42 Å². The Kier molecular flexibility index (Phi) is 2.92. The van der Waals surface area contributed by atoms with E-state index in [9.17, 15) is 13.5 Å². The Hall–Kier alpha value is -2.45. The molecule has 0 radical (unpaired) electrons. The molecule has 3 rings (SSSR count). The van der Waals surface area contributed by atoms with Gasteiger partial charge in [-0.15, -0.1) is 0 Å². The monoisotopic (exact) mass is 305 g/mol. The fraction of sp³-hybridized carbons (Fsp3) is 0.0769. The summed E-state index contributed by atoms with van der Waals surface area (Å²) in [6.45, 7) is 0. The summed E-state index contributed by atoms with van der Waals surface area (Å²) in [4.78, 5) is 8.37. The van der Waals surface area contributed by atoms with Gasteiger partial charge in [0.25, 0.3) is 10.1 Å². The van der Waals surface area contributed by atoms with Crippen LogP contribution in [0.3, 0.4) is 0 Å². The summed E-state index contributed by atoms with van der Waals surface area (Å²) in [5, 5.41) is 12.6. The van der Waals surface area contributed by atoms with Crippen molar-refractivity contribution >= 4 is 37.9 Å². The molecule has 0 aliphatic rings. The third-order valence-corrected chi connectivity index (χ3v) is 3.94. The number of aromatic nitrogens is 2. The predicted octanol–water partition coefficient (Wildman–Crippen LogP) is 1.78. The van der Waals surface area contributed by atoms with Gasteiger partial charge in [0.15, 0.2) is 0 Å². The standard InChI is InChI=1S/C13H11N3O4S/c1-14-12-5-10-11(6-13(12)17)16-9-4-7(21(18,19)20)2-3-8(9)15-10/h2-6,14,17H,1H3,(H,18,19,20). The Balaban J connectivity index is 2.32. The number of phenolic OH excluding ortho intramolecular Hbond substituents is 1. The van der Waals surface area contributed by atoms with E-state index in [1.807, 2.05) is 0 Å². The Morgan fingerprint density at radius 1 is 1.00 bits per heavy atom. The number of anilines is 1. The third-order valence-electron chi connectivity index (χ3n) is 3.09. The summed E-state index contributed by atoms with van der Waals surface area (Å²) in [7, 11) is -2.62. The number of benzene rings is 2. The van der Waals surface area contributed by atoms with Gasteiger partial charge >= 0.3 is 0 Å². The zero-order valence-electron chi connectivity index (χ0n) is 10.9. The molecule has 0 unspecified atom stereocenters. The van der Waals surface area contributed by atoms with Gasteiger partial charge in [0, 0.05) is 13.1 Å². The van der Waals surface area contributed by atoms with E-state index in [0.717, 1.165) is 0 Å². The Labute approximate surface area is 120 Å². The molecule has 1 aromatic heterocycles. The van der Waals surface area contributed by atoms with Crippen LogP contribution in [0.15, 0.2) is 35.2 Å². The molecule has 2 aromatic carbocycles. The number of hydrogen-bond donors (Lipinski definition) is 3. The molecule has 0 spiro atoms. The van der Waals surface area contributed by atoms with Gasteiger partial charge in [0.2, 0.25) is 0 Å². The second-order valence-electron chi connectivity index (χ2n) is 4.46. The number of aromatic hydroxyl groups is 1. The fourth-order valence-corrected chi connectivity index (χ4v) is 2.55. The molecule has 0 aliphatic carbocycles. The quantitative estimate of drug-likeness (QED) is 0.376. The zero-order chi connectivity index (χ0) is 15.2. The van der Waals surface area contributed by atoms with E-state index in [-0.39, 0.29) is 10.6 Å². The summed E-state index contributed by atoms with van der Waals surface area (Å²) < 4.78 is 31.3. The van der Waals surface area contributed by atoms with Crippen molar-refractivity contribution < 1.29 is 18.1 Å². The maximum absolute atomic E-state index is 11.1. The average Bonchev–Trinajstić information content (AvgIpc) is 2.43. The molecule has 0 saturated heterocycles. The normalized spacial score (nSPS) is 11.9. The lowest BCUT2D eigenvalue weighted by Gasteiger charge is -2.07. The van der Waals surface area contributed by atoms with E-state index in [4.69, 9.17) is 4.55 Å². The van der Waals surface area contributed by atoms with Gasteiger partial charge in [0.1, 0.15) is 5.75 Å². The van der Waals surface area contributed by atoms with Gasteiger partial charge in [-0.05, 0) is 24.3 Å². The molecule has 0 aliphatic heterocycles. The molecular weight excluding hydrogens is 294 g/mol. The summed E-state index contributed by atoms with van der Waals surface area (Å²) in [5.74, 6) is 0.0181. The van der Waals surface area contributed by atoms with E-state index in [2.05, 4.69) is 15.3 Å². The topological polar surface area (TPSA) is 112 Å². The minimum absolute atomic E-state index is 0.0181. The smallest absolute Gasteiger partial charge is 0.294 e. The maximum atomic E-state index is 11.1. The van der Waals surface area contributed by atoms with Crippen molar-refractivity contribution in [3.05, 3.63) is 30.3 Å². The van der Waals surface area contributed by atoms with E-state index in [1.165, 1.54) is 24.3 Å². The highest BCUT2D eigenvalue weighted by molar-refractivity contribution is 7.85. The Morgan fingerprint density at radius 2 is 1.62 bits per heavy atom. The lowest BCUT2D eigenvalue weighted by molar-refractivity contribution is 0.478. The van der Waals surface area contributed by atoms with E-state index < -0.39 is 10.1 Å². The molecule has 0 bridgehead atoms. The molecule has 3 aromatic rings. The molecule has 0 amide bonds. The maximum Gasteiger partial charge on any atom is 0.294 e. The van der Waals surface area contributed by atoms with Gasteiger partial charge in [0.05, 0.1) is 32.6 Å². The largest absolute Gasteiger partial charge is 0.506 e. The lowest BCUT2D eigenvalue weighted by Crippen LogP contribution is -1.99. The van der Waals surface area contributed by atoms with E-state index in [1.54, 1.807) is 13.1 Å². The number of nitrogens with zero attached hydrogens (tertiary/aromatic N) is 2. The average molecular weight is 305 g/mol. The number of rotatable bonds is 2. The van der Waals surface area contributed by atoms with Crippen LogP contribution in [0.2, 0.25) is 0 Å². The van der Waals surface area contributed by atoms with Gasteiger partial charge in [-0.3, -0.25) is 4.55 Å². The van der Waals surface area contributed by atoms with Crippen LogP contribution in [0.5, 0.6) is 5.75 Å². The predicted molar refractivity (Wildman–Crippen MR) is 78.1 cm³/mol. The molecule has 0 atom stereocenters. The van der Waals surface area contributed by atoms with Crippen LogP contribution in [0.4, 0.5) is 5.69 Å². The van der Waals surface area contributed by atoms with Crippen LogP contribution in [0.1, 0.15) is 0 Å². The summed E-state index contributed by atoms with van der Waals surface area (Å²) >= 11 is 0. The van der Waals surface area contributed by atoms with Gasteiger partial charge in [-0.1, -0.05) is 0 Å². The van der Waals surface area contributed by atoms with Crippen LogP contribution < -0.4 is 5.32 Å². The van der Waals surface area contributed by atoms with Gasteiger partial charge < -0.3 is 10.4 Å². The van der Waals surface area contributed by atoms with Crippen molar-refractivity contribution in [3.8, 4) is 5.75 Å². The van der Waals surface area contributed by atoms with Crippen molar-refractivity contribution in [1.29, 1.82) is 0 Å². The van der Waals surface area contributed by atoms with Crippen molar-refractivity contribution in [3.63, 3.8) is 0 Å².